The Kier molecular flexibility index (Phi) is 6.58. The maximum atomic E-state index is 12.6. The van der Waals surface area contributed by atoms with Crippen LogP contribution in [-0.2, 0) is 20.7 Å². The second-order valence-electron chi connectivity index (χ2n) is 7.26. The Balaban J connectivity index is 2.29. The van der Waals surface area contributed by atoms with Gasteiger partial charge in [0, 0.05) is 5.92 Å². The third-order valence-corrected chi connectivity index (χ3v) is 5.81. The second kappa shape index (κ2) is 9.16. The van der Waals surface area contributed by atoms with Crippen molar-refractivity contribution >= 4 is 11.9 Å². The van der Waals surface area contributed by atoms with Crippen molar-refractivity contribution < 1.29 is 33.3 Å². The maximum absolute atomic E-state index is 12.6. The SMILES string of the molecule is COC(=O)[C@H]1Cc2cc(OC)c(OC)cc2[C@H](c2ccc(OC)c(OC)c2)[C@H]1C(N)=O. The molecule has 0 saturated carbocycles. The molecule has 1 aliphatic carbocycles. The van der Waals surface area contributed by atoms with Crippen molar-refractivity contribution in [3.8, 4) is 23.0 Å². The van der Waals surface area contributed by atoms with E-state index in [1.54, 1.807) is 33.5 Å². The van der Waals surface area contributed by atoms with E-state index in [0.29, 0.717) is 29.4 Å². The van der Waals surface area contributed by atoms with Gasteiger partial charge in [-0.25, -0.2) is 0 Å². The van der Waals surface area contributed by atoms with Gasteiger partial charge >= 0.3 is 5.97 Å². The molecule has 8 heteroatoms. The minimum atomic E-state index is -0.823. The second-order valence-corrected chi connectivity index (χ2v) is 7.26. The monoisotopic (exact) mass is 429 g/mol. The molecule has 0 aromatic heterocycles. The van der Waals surface area contributed by atoms with Crippen LogP contribution in [0.4, 0.5) is 0 Å². The van der Waals surface area contributed by atoms with Gasteiger partial charge in [-0.05, 0) is 47.4 Å². The fraction of sp³-hybridized carbons (Fsp3) is 0.391. The molecule has 0 fully saturated rings. The Bertz CT molecular complexity index is 988. The molecule has 1 aliphatic rings. The number of amides is 1. The number of esters is 1. The third-order valence-electron chi connectivity index (χ3n) is 5.81. The van der Waals surface area contributed by atoms with Gasteiger partial charge in [-0.3, -0.25) is 9.59 Å². The number of carbonyl (C=O) groups is 2. The standard InChI is InChI=1S/C23H27NO7/c1-27-16-7-6-12(9-17(16)28-2)20-14-11-19(30-4)18(29-3)10-13(14)8-15(23(26)31-5)21(20)22(24)25/h6-7,9-11,15,20-21H,8H2,1-5H3,(H2,24,25)/t15-,20-,21-/m0/s1. The lowest BCUT2D eigenvalue weighted by atomic mass is 9.66. The third kappa shape index (κ3) is 3.97. The van der Waals surface area contributed by atoms with Gasteiger partial charge in [-0.1, -0.05) is 6.07 Å². The van der Waals surface area contributed by atoms with Crippen molar-refractivity contribution in [2.75, 3.05) is 35.5 Å². The fourth-order valence-electron chi connectivity index (χ4n) is 4.37. The number of hydrogen-bond donors (Lipinski definition) is 1. The van der Waals surface area contributed by atoms with Crippen LogP contribution in [0.25, 0.3) is 0 Å². The van der Waals surface area contributed by atoms with E-state index in [1.165, 1.54) is 14.2 Å². The largest absolute Gasteiger partial charge is 0.493 e. The van der Waals surface area contributed by atoms with E-state index in [-0.39, 0.29) is 0 Å². The lowest BCUT2D eigenvalue weighted by Gasteiger charge is -2.37. The maximum Gasteiger partial charge on any atom is 0.309 e. The molecule has 0 spiro atoms. The number of hydrogen-bond acceptors (Lipinski definition) is 7. The van der Waals surface area contributed by atoms with Crippen molar-refractivity contribution in [1.82, 2.24) is 0 Å². The van der Waals surface area contributed by atoms with Crippen molar-refractivity contribution in [1.29, 1.82) is 0 Å². The van der Waals surface area contributed by atoms with Crippen LogP contribution in [0.5, 0.6) is 23.0 Å². The Morgan fingerprint density at radius 2 is 1.42 bits per heavy atom. The summed E-state index contributed by atoms with van der Waals surface area (Å²) in [5.41, 5.74) is 8.26. The average Bonchev–Trinajstić information content (AvgIpc) is 2.80. The average molecular weight is 429 g/mol. The Hall–Kier alpha value is -3.42. The minimum absolute atomic E-state index is 0.291. The topological polar surface area (TPSA) is 106 Å². The van der Waals surface area contributed by atoms with Crippen LogP contribution >= 0.6 is 0 Å². The van der Waals surface area contributed by atoms with E-state index >= 15 is 0 Å². The molecule has 31 heavy (non-hydrogen) atoms. The molecule has 0 heterocycles. The van der Waals surface area contributed by atoms with Gasteiger partial charge in [0.25, 0.3) is 0 Å². The smallest absolute Gasteiger partial charge is 0.309 e. The minimum Gasteiger partial charge on any atom is -0.493 e. The summed E-state index contributed by atoms with van der Waals surface area (Å²) in [6.07, 6.45) is 0.291. The van der Waals surface area contributed by atoms with Gasteiger partial charge in [0.1, 0.15) is 0 Å². The van der Waals surface area contributed by atoms with Crippen molar-refractivity contribution in [3.05, 3.63) is 47.0 Å². The zero-order chi connectivity index (χ0) is 22.7. The van der Waals surface area contributed by atoms with Gasteiger partial charge in [0.2, 0.25) is 5.91 Å². The molecule has 166 valence electrons. The molecule has 0 bridgehead atoms. The Labute approximate surface area is 181 Å². The zero-order valence-corrected chi connectivity index (χ0v) is 18.3. The van der Waals surface area contributed by atoms with Gasteiger partial charge in [-0.15, -0.1) is 0 Å². The zero-order valence-electron chi connectivity index (χ0n) is 18.3. The number of fused-ring (bicyclic) bond motifs is 1. The molecule has 2 aromatic rings. The van der Waals surface area contributed by atoms with Crippen molar-refractivity contribution in [2.45, 2.75) is 12.3 Å². The van der Waals surface area contributed by atoms with Crippen LogP contribution in [-0.4, -0.2) is 47.4 Å². The van der Waals surface area contributed by atoms with Gasteiger partial charge in [0.15, 0.2) is 23.0 Å². The van der Waals surface area contributed by atoms with Crippen LogP contribution < -0.4 is 24.7 Å². The van der Waals surface area contributed by atoms with E-state index in [0.717, 1.165) is 16.7 Å². The number of carbonyl (C=O) groups excluding carboxylic acids is 2. The number of primary amides is 1. The molecule has 3 rings (SSSR count). The van der Waals surface area contributed by atoms with Gasteiger partial charge in [0.05, 0.1) is 47.4 Å². The quantitative estimate of drug-likeness (QED) is 0.673. The van der Waals surface area contributed by atoms with Crippen molar-refractivity contribution in [3.63, 3.8) is 0 Å². The summed E-state index contributed by atoms with van der Waals surface area (Å²) >= 11 is 0. The predicted molar refractivity (Wildman–Crippen MR) is 113 cm³/mol. The summed E-state index contributed by atoms with van der Waals surface area (Å²) in [5, 5.41) is 0. The number of methoxy groups -OCH3 is 5. The summed E-state index contributed by atoms with van der Waals surface area (Å²) < 4.78 is 26.7. The first-order valence-corrected chi connectivity index (χ1v) is 9.73. The highest BCUT2D eigenvalue weighted by Crippen LogP contribution is 2.48. The van der Waals surface area contributed by atoms with E-state index in [9.17, 15) is 9.59 Å². The highest BCUT2D eigenvalue weighted by Gasteiger charge is 2.45. The summed E-state index contributed by atoms with van der Waals surface area (Å²) in [5.74, 6) is -1.06. The summed E-state index contributed by atoms with van der Waals surface area (Å²) in [4.78, 5) is 25.3. The van der Waals surface area contributed by atoms with Crippen molar-refractivity contribution in [2.24, 2.45) is 17.6 Å². The first kappa shape index (κ1) is 22.3. The molecular weight excluding hydrogens is 402 g/mol. The Morgan fingerprint density at radius 1 is 0.839 bits per heavy atom. The first-order valence-electron chi connectivity index (χ1n) is 9.73. The summed E-state index contributed by atoms with van der Waals surface area (Å²) in [6, 6.07) is 9.05. The highest BCUT2D eigenvalue weighted by atomic mass is 16.5. The highest BCUT2D eigenvalue weighted by molar-refractivity contribution is 5.87. The molecule has 2 aromatic carbocycles. The molecule has 0 radical (unpaired) electrons. The molecular formula is C23H27NO7. The van der Waals surface area contributed by atoms with Crippen LogP contribution in [0.1, 0.15) is 22.6 Å². The lowest BCUT2D eigenvalue weighted by molar-refractivity contribution is -0.150. The van der Waals surface area contributed by atoms with Crippen LogP contribution in [0, 0.1) is 11.8 Å². The molecule has 0 saturated heterocycles. The lowest BCUT2D eigenvalue weighted by Crippen LogP contribution is -2.43. The van der Waals surface area contributed by atoms with Crippen LogP contribution in [0.15, 0.2) is 30.3 Å². The molecule has 0 unspecified atom stereocenters. The van der Waals surface area contributed by atoms with E-state index in [1.807, 2.05) is 18.2 Å². The number of nitrogens with two attached hydrogens (primary N) is 1. The van der Waals surface area contributed by atoms with E-state index in [2.05, 4.69) is 0 Å². The van der Waals surface area contributed by atoms with Crippen LogP contribution in [0.3, 0.4) is 0 Å². The predicted octanol–water partition coefficient (Wildman–Crippen LogP) is 2.30. The molecule has 3 atom stereocenters. The Morgan fingerprint density at radius 3 is 1.97 bits per heavy atom. The van der Waals surface area contributed by atoms with E-state index < -0.39 is 29.6 Å². The first-order chi connectivity index (χ1) is 14.9. The molecule has 2 N–H and O–H groups in total. The summed E-state index contributed by atoms with van der Waals surface area (Å²) in [6.45, 7) is 0. The number of ether oxygens (including phenoxy) is 5. The summed E-state index contributed by atoms with van der Waals surface area (Å²) in [7, 11) is 7.47. The number of benzene rings is 2. The molecule has 8 nitrogen and oxygen atoms in total. The molecule has 1 amide bonds. The van der Waals surface area contributed by atoms with Gasteiger partial charge < -0.3 is 29.4 Å². The van der Waals surface area contributed by atoms with E-state index in [4.69, 9.17) is 29.4 Å². The van der Waals surface area contributed by atoms with Gasteiger partial charge in [-0.2, -0.15) is 0 Å². The van der Waals surface area contributed by atoms with Crippen LogP contribution in [0.2, 0.25) is 0 Å². The molecule has 0 aliphatic heterocycles. The number of rotatable bonds is 7. The fourth-order valence-corrected chi connectivity index (χ4v) is 4.37. The normalized spacial score (nSPS) is 19.7.